The van der Waals surface area contributed by atoms with Crippen LogP contribution in [0.25, 0.3) is 5.69 Å². The molecule has 0 unspecified atom stereocenters. The quantitative estimate of drug-likeness (QED) is 0.859. The lowest BCUT2D eigenvalue weighted by atomic mass is 9.92. The third kappa shape index (κ3) is 2.84. The highest BCUT2D eigenvalue weighted by atomic mass is 16.1. The van der Waals surface area contributed by atoms with E-state index in [2.05, 4.69) is 31.2 Å². The van der Waals surface area contributed by atoms with Crippen molar-refractivity contribution in [2.24, 2.45) is 0 Å². The molecule has 0 atom stereocenters. The van der Waals surface area contributed by atoms with Crippen LogP contribution in [0.4, 0.5) is 5.82 Å². The van der Waals surface area contributed by atoms with E-state index in [1.54, 1.807) is 4.68 Å². The topological polar surface area (TPSA) is 46.9 Å². The van der Waals surface area contributed by atoms with Gasteiger partial charge in [-0.2, -0.15) is 5.10 Å². The maximum atomic E-state index is 10.7. The maximum Gasteiger partial charge on any atom is 0.212 e. The summed E-state index contributed by atoms with van der Waals surface area (Å²) in [5.74, 6) is 0.686. The van der Waals surface area contributed by atoms with Gasteiger partial charge in [-0.05, 0) is 24.6 Å². The minimum Gasteiger partial charge on any atom is -0.313 e. The van der Waals surface area contributed by atoms with Crippen LogP contribution in [0.15, 0.2) is 30.3 Å². The van der Waals surface area contributed by atoms with Crippen molar-refractivity contribution >= 4 is 12.2 Å². The molecule has 1 aromatic heterocycles. The maximum absolute atomic E-state index is 10.7. The van der Waals surface area contributed by atoms with E-state index in [0.29, 0.717) is 12.2 Å². The molecule has 0 saturated heterocycles. The molecule has 0 fully saturated rings. The summed E-state index contributed by atoms with van der Waals surface area (Å²) < 4.78 is 1.77. The number of hydrogen-bond donors (Lipinski definition) is 1. The second-order valence-corrected chi connectivity index (χ2v) is 5.68. The second kappa shape index (κ2) is 4.88. The fraction of sp³-hybridized carbons (Fsp3) is 0.333. The van der Waals surface area contributed by atoms with Crippen LogP contribution in [0.1, 0.15) is 32.0 Å². The number of aryl methyl sites for hydroxylation is 1. The Morgan fingerprint density at radius 2 is 2.00 bits per heavy atom. The number of anilines is 1. The molecule has 100 valence electrons. The van der Waals surface area contributed by atoms with Gasteiger partial charge in [-0.3, -0.25) is 4.79 Å². The van der Waals surface area contributed by atoms with Crippen LogP contribution in [0.5, 0.6) is 0 Å². The van der Waals surface area contributed by atoms with Crippen LogP contribution in [0.2, 0.25) is 0 Å². The van der Waals surface area contributed by atoms with E-state index >= 15 is 0 Å². The smallest absolute Gasteiger partial charge is 0.212 e. The van der Waals surface area contributed by atoms with Gasteiger partial charge in [-0.1, -0.05) is 32.9 Å². The molecule has 0 spiro atoms. The van der Waals surface area contributed by atoms with Gasteiger partial charge in [0, 0.05) is 11.5 Å². The first kappa shape index (κ1) is 13.3. The minimum atomic E-state index is -0.0611. The Hall–Kier alpha value is -2.10. The van der Waals surface area contributed by atoms with Crippen LogP contribution in [-0.4, -0.2) is 16.2 Å². The number of amides is 1. The van der Waals surface area contributed by atoms with Gasteiger partial charge in [0.1, 0.15) is 5.82 Å². The predicted octanol–water partition coefficient (Wildman–Crippen LogP) is 3.05. The molecule has 4 nitrogen and oxygen atoms in total. The van der Waals surface area contributed by atoms with Crippen molar-refractivity contribution in [2.45, 2.75) is 33.1 Å². The van der Waals surface area contributed by atoms with E-state index in [9.17, 15) is 4.79 Å². The van der Waals surface area contributed by atoms with Crippen LogP contribution >= 0.6 is 0 Å². The molecule has 0 radical (unpaired) electrons. The molecule has 0 aliphatic rings. The van der Waals surface area contributed by atoms with Gasteiger partial charge >= 0.3 is 0 Å². The molecule has 0 bridgehead atoms. The first-order valence-electron chi connectivity index (χ1n) is 6.29. The van der Waals surface area contributed by atoms with Crippen molar-refractivity contribution in [2.75, 3.05) is 5.32 Å². The van der Waals surface area contributed by atoms with Gasteiger partial charge in [-0.25, -0.2) is 4.68 Å². The van der Waals surface area contributed by atoms with Gasteiger partial charge in [0.05, 0.1) is 11.4 Å². The molecule has 1 amide bonds. The first-order valence-corrected chi connectivity index (χ1v) is 6.29. The Bertz CT molecular complexity index is 594. The van der Waals surface area contributed by atoms with Crippen molar-refractivity contribution in [1.82, 2.24) is 9.78 Å². The first-order chi connectivity index (χ1) is 8.91. The molecule has 0 aliphatic heterocycles. The molecule has 4 heteroatoms. The zero-order valence-electron chi connectivity index (χ0n) is 11.8. The number of nitrogens with zero attached hydrogens (tertiary/aromatic N) is 2. The molecule has 0 aliphatic carbocycles. The van der Waals surface area contributed by atoms with E-state index in [-0.39, 0.29) is 5.41 Å². The SMILES string of the molecule is Cc1cccc(-n2nc(C(C)(C)C)cc2NC=O)c1. The Kier molecular flexibility index (Phi) is 3.42. The summed E-state index contributed by atoms with van der Waals surface area (Å²) in [5.41, 5.74) is 2.98. The molecule has 19 heavy (non-hydrogen) atoms. The van der Waals surface area contributed by atoms with Gasteiger partial charge in [0.25, 0.3) is 0 Å². The number of rotatable bonds is 3. The zero-order valence-corrected chi connectivity index (χ0v) is 11.8. The Balaban J connectivity index is 2.55. The third-order valence-electron chi connectivity index (χ3n) is 2.93. The molecule has 1 N–H and O–H groups in total. The fourth-order valence-corrected chi connectivity index (χ4v) is 1.87. The van der Waals surface area contributed by atoms with E-state index < -0.39 is 0 Å². The van der Waals surface area contributed by atoms with Crippen molar-refractivity contribution < 1.29 is 4.79 Å². The lowest BCUT2D eigenvalue weighted by molar-refractivity contribution is -0.105. The van der Waals surface area contributed by atoms with E-state index in [1.807, 2.05) is 37.3 Å². The Labute approximate surface area is 113 Å². The molecular formula is C15H19N3O. The molecule has 1 heterocycles. The molecule has 2 aromatic rings. The zero-order chi connectivity index (χ0) is 14.0. The minimum absolute atomic E-state index is 0.0611. The average molecular weight is 257 g/mol. The van der Waals surface area contributed by atoms with E-state index in [1.165, 1.54) is 0 Å². The van der Waals surface area contributed by atoms with Crippen molar-refractivity contribution in [1.29, 1.82) is 0 Å². The number of aromatic nitrogens is 2. The summed E-state index contributed by atoms with van der Waals surface area (Å²) in [5, 5.41) is 7.31. The van der Waals surface area contributed by atoms with E-state index in [4.69, 9.17) is 0 Å². The lowest BCUT2D eigenvalue weighted by Crippen LogP contribution is -2.12. The van der Waals surface area contributed by atoms with Crippen molar-refractivity contribution in [3.8, 4) is 5.69 Å². The Morgan fingerprint density at radius 1 is 1.26 bits per heavy atom. The summed E-state index contributed by atoms with van der Waals surface area (Å²) in [6.07, 6.45) is 0.676. The van der Waals surface area contributed by atoms with Gasteiger partial charge in [0.15, 0.2) is 0 Å². The highest BCUT2D eigenvalue weighted by Gasteiger charge is 2.20. The summed E-state index contributed by atoms with van der Waals surface area (Å²) in [6.45, 7) is 8.33. The lowest BCUT2D eigenvalue weighted by Gasteiger charge is -2.14. The monoisotopic (exact) mass is 257 g/mol. The number of hydrogen-bond acceptors (Lipinski definition) is 2. The highest BCUT2D eigenvalue weighted by molar-refractivity contribution is 5.70. The average Bonchev–Trinajstić information content (AvgIpc) is 2.73. The number of carbonyl (C=O) groups is 1. The van der Waals surface area contributed by atoms with Gasteiger partial charge in [0.2, 0.25) is 6.41 Å². The number of nitrogens with one attached hydrogen (secondary N) is 1. The molecule has 2 rings (SSSR count). The normalized spacial score (nSPS) is 11.4. The van der Waals surface area contributed by atoms with Crippen molar-refractivity contribution in [3.05, 3.63) is 41.6 Å². The number of carbonyl (C=O) groups excluding carboxylic acids is 1. The second-order valence-electron chi connectivity index (χ2n) is 5.68. The van der Waals surface area contributed by atoms with Gasteiger partial charge < -0.3 is 5.32 Å². The third-order valence-corrected chi connectivity index (χ3v) is 2.93. The van der Waals surface area contributed by atoms with Crippen LogP contribution < -0.4 is 5.32 Å². The predicted molar refractivity (Wildman–Crippen MR) is 76.7 cm³/mol. The van der Waals surface area contributed by atoms with E-state index in [0.717, 1.165) is 16.9 Å². The highest BCUT2D eigenvalue weighted by Crippen LogP contribution is 2.26. The summed E-state index contributed by atoms with van der Waals surface area (Å²) in [6, 6.07) is 9.94. The molecular weight excluding hydrogens is 238 g/mol. The summed E-state index contributed by atoms with van der Waals surface area (Å²) >= 11 is 0. The number of benzene rings is 1. The summed E-state index contributed by atoms with van der Waals surface area (Å²) in [4.78, 5) is 10.7. The fourth-order valence-electron chi connectivity index (χ4n) is 1.87. The van der Waals surface area contributed by atoms with Crippen LogP contribution in [-0.2, 0) is 10.2 Å². The Morgan fingerprint density at radius 3 is 2.58 bits per heavy atom. The van der Waals surface area contributed by atoms with Crippen molar-refractivity contribution in [3.63, 3.8) is 0 Å². The standard InChI is InChI=1S/C15H19N3O/c1-11-6-5-7-12(8-11)18-14(16-10-19)9-13(17-18)15(2,3)4/h5-10H,1-4H3,(H,16,19). The van der Waals surface area contributed by atoms with Crippen LogP contribution in [0.3, 0.4) is 0 Å². The summed E-state index contributed by atoms with van der Waals surface area (Å²) in [7, 11) is 0. The van der Waals surface area contributed by atoms with Gasteiger partial charge in [-0.15, -0.1) is 0 Å². The largest absolute Gasteiger partial charge is 0.313 e. The molecule has 0 saturated carbocycles. The molecule has 1 aromatic carbocycles. The van der Waals surface area contributed by atoms with Crippen LogP contribution in [0, 0.1) is 6.92 Å².